The monoisotopic (exact) mass is 369 g/mol. The molecule has 1 heterocycles. The van der Waals surface area contributed by atoms with Crippen LogP contribution in [-0.4, -0.2) is 44.7 Å². The van der Waals surface area contributed by atoms with Gasteiger partial charge in [0, 0.05) is 5.69 Å². The highest BCUT2D eigenvalue weighted by molar-refractivity contribution is 5.93. The van der Waals surface area contributed by atoms with Gasteiger partial charge in [0.1, 0.15) is 32.0 Å². The molecule has 1 fully saturated rings. The van der Waals surface area contributed by atoms with Crippen LogP contribution in [0.4, 0.5) is 10.1 Å². The van der Waals surface area contributed by atoms with Crippen LogP contribution in [0.3, 0.4) is 0 Å². The number of rotatable bonds is 6. The first-order valence-electron chi connectivity index (χ1n) is 9.58. The molecule has 0 unspecified atom stereocenters. The van der Waals surface area contributed by atoms with Crippen molar-refractivity contribution in [1.29, 1.82) is 0 Å². The topological polar surface area (TPSA) is 38.0 Å². The number of carbonyl (C=O) groups excluding carboxylic acids is 1. The number of hydrogen-bond donors (Lipinski definition) is 3. The van der Waals surface area contributed by atoms with Crippen LogP contribution in [0.5, 0.6) is 0 Å². The standard InChI is InChI=1S/C22H26FN3O/c1-18(22(27)24-21-11-5-10-20(23)17-21)26-15-13-25(14-16-26)12-6-9-19-7-3-2-4-8-19/h2-11,17-18H,12-16H2,1H3,(H,24,27)/p+2/b9-6+/t18-/m1/s1. The Morgan fingerprint density at radius 2 is 1.85 bits per heavy atom. The van der Waals surface area contributed by atoms with Gasteiger partial charge in [0.05, 0.1) is 6.54 Å². The second-order valence-corrected chi connectivity index (χ2v) is 7.15. The smallest absolute Gasteiger partial charge is 0.282 e. The van der Waals surface area contributed by atoms with E-state index in [0.29, 0.717) is 5.69 Å². The van der Waals surface area contributed by atoms with Crippen molar-refractivity contribution < 1.29 is 19.0 Å². The molecule has 5 heteroatoms. The van der Waals surface area contributed by atoms with Gasteiger partial charge in [-0.15, -0.1) is 0 Å². The molecular weight excluding hydrogens is 341 g/mol. The van der Waals surface area contributed by atoms with E-state index in [4.69, 9.17) is 0 Å². The summed E-state index contributed by atoms with van der Waals surface area (Å²) >= 11 is 0. The Morgan fingerprint density at radius 1 is 1.11 bits per heavy atom. The van der Waals surface area contributed by atoms with Crippen molar-refractivity contribution in [3.63, 3.8) is 0 Å². The number of benzene rings is 2. The van der Waals surface area contributed by atoms with E-state index in [9.17, 15) is 9.18 Å². The molecule has 1 amide bonds. The van der Waals surface area contributed by atoms with Gasteiger partial charge < -0.3 is 15.1 Å². The first-order valence-corrected chi connectivity index (χ1v) is 9.58. The lowest BCUT2D eigenvalue weighted by molar-refractivity contribution is -1.02. The zero-order valence-electron chi connectivity index (χ0n) is 15.7. The highest BCUT2D eigenvalue weighted by Gasteiger charge is 2.30. The number of halogens is 1. The second kappa shape index (κ2) is 9.44. The van der Waals surface area contributed by atoms with Crippen molar-refractivity contribution in [3.05, 3.63) is 72.1 Å². The summed E-state index contributed by atoms with van der Waals surface area (Å²) in [6, 6.07) is 16.2. The minimum absolute atomic E-state index is 0.0528. The maximum atomic E-state index is 13.3. The summed E-state index contributed by atoms with van der Waals surface area (Å²) in [6.07, 6.45) is 4.40. The lowest BCUT2D eigenvalue weighted by Crippen LogP contribution is -3.29. The molecule has 1 aliphatic heterocycles. The third-order valence-corrected chi connectivity index (χ3v) is 5.21. The number of piperazine rings is 1. The predicted octanol–water partition coefficient (Wildman–Crippen LogP) is 0.650. The summed E-state index contributed by atoms with van der Waals surface area (Å²) in [5.41, 5.74) is 1.74. The third-order valence-electron chi connectivity index (χ3n) is 5.21. The Labute approximate surface area is 160 Å². The van der Waals surface area contributed by atoms with Crippen LogP contribution < -0.4 is 15.1 Å². The summed E-state index contributed by atoms with van der Waals surface area (Å²) in [6.45, 7) is 6.98. The molecule has 1 saturated heterocycles. The summed E-state index contributed by atoms with van der Waals surface area (Å²) in [5.74, 6) is -0.392. The van der Waals surface area contributed by atoms with E-state index < -0.39 is 0 Å². The Hall–Kier alpha value is -2.50. The molecule has 0 aromatic heterocycles. The van der Waals surface area contributed by atoms with Gasteiger partial charge in [-0.05, 0) is 36.8 Å². The highest BCUT2D eigenvalue weighted by atomic mass is 19.1. The number of quaternary nitrogens is 2. The molecule has 2 aromatic carbocycles. The maximum absolute atomic E-state index is 13.3. The van der Waals surface area contributed by atoms with Gasteiger partial charge in [-0.1, -0.05) is 42.5 Å². The number of nitrogens with one attached hydrogen (secondary N) is 3. The molecule has 142 valence electrons. The fourth-order valence-corrected chi connectivity index (χ4v) is 3.49. The van der Waals surface area contributed by atoms with Gasteiger partial charge in [-0.25, -0.2) is 4.39 Å². The Morgan fingerprint density at radius 3 is 2.56 bits per heavy atom. The average molecular weight is 369 g/mol. The van der Waals surface area contributed by atoms with Gasteiger partial charge in [0.15, 0.2) is 6.04 Å². The highest BCUT2D eigenvalue weighted by Crippen LogP contribution is 2.09. The zero-order valence-corrected chi connectivity index (χ0v) is 15.7. The van der Waals surface area contributed by atoms with Gasteiger partial charge in [-0.3, -0.25) is 4.79 Å². The van der Waals surface area contributed by atoms with E-state index in [2.05, 4.69) is 29.6 Å². The number of anilines is 1. The van der Waals surface area contributed by atoms with E-state index >= 15 is 0 Å². The minimum atomic E-state index is -0.339. The molecule has 0 spiro atoms. The normalized spacial score (nSPS) is 21.1. The molecule has 0 bridgehead atoms. The molecule has 0 saturated carbocycles. The molecule has 4 nitrogen and oxygen atoms in total. The van der Waals surface area contributed by atoms with E-state index in [1.54, 1.807) is 17.0 Å². The molecule has 2 aromatic rings. The van der Waals surface area contributed by atoms with E-state index in [1.165, 1.54) is 22.6 Å². The average Bonchev–Trinajstić information content (AvgIpc) is 2.69. The quantitative estimate of drug-likeness (QED) is 0.687. The first kappa shape index (κ1) is 19.3. The SMILES string of the molecule is C[C@H](C(=O)Nc1cccc(F)c1)[NH+]1CC[NH+](C/C=C/c2ccccc2)CC1. The van der Waals surface area contributed by atoms with E-state index in [0.717, 1.165) is 32.7 Å². The lowest BCUT2D eigenvalue weighted by Gasteiger charge is -2.32. The fourth-order valence-electron chi connectivity index (χ4n) is 3.49. The predicted molar refractivity (Wildman–Crippen MR) is 106 cm³/mol. The van der Waals surface area contributed by atoms with Crippen molar-refractivity contribution in [1.82, 2.24) is 0 Å². The maximum Gasteiger partial charge on any atom is 0.282 e. The molecule has 0 aliphatic carbocycles. The van der Waals surface area contributed by atoms with Crippen molar-refractivity contribution >= 4 is 17.7 Å². The third kappa shape index (κ3) is 5.74. The van der Waals surface area contributed by atoms with Crippen LogP contribution in [0, 0.1) is 5.82 Å². The summed E-state index contributed by atoms with van der Waals surface area (Å²) in [5, 5.41) is 2.83. The van der Waals surface area contributed by atoms with Crippen LogP contribution in [0.2, 0.25) is 0 Å². The van der Waals surface area contributed by atoms with Crippen molar-refractivity contribution in [2.45, 2.75) is 13.0 Å². The zero-order chi connectivity index (χ0) is 19.1. The summed E-state index contributed by atoms with van der Waals surface area (Å²) < 4.78 is 13.3. The number of amides is 1. The van der Waals surface area contributed by atoms with Crippen LogP contribution in [0.15, 0.2) is 60.7 Å². The van der Waals surface area contributed by atoms with Gasteiger partial charge >= 0.3 is 0 Å². The van der Waals surface area contributed by atoms with Gasteiger partial charge in [0.25, 0.3) is 5.91 Å². The van der Waals surface area contributed by atoms with E-state index in [-0.39, 0.29) is 17.8 Å². The summed E-state index contributed by atoms with van der Waals surface area (Å²) in [7, 11) is 0. The van der Waals surface area contributed by atoms with Crippen LogP contribution in [-0.2, 0) is 4.79 Å². The molecule has 1 aliphatic rings. The first-order chi connectivity index (χ1) is 13.1. The molecule has 1 atom stereocenters. The van der Waals surface area contributed by atoms with Crippen LogP contribution in [0.1, 0.15) is 12.5 Å². The van der Waals surface area contributed by atoms with Crippen molar-refractivity contribution in [3.8, 4) is 0 Å². The molecule has 3 N–H and O–H groups in total. The van der Waals surface area contributed by atoms with Gasteiger partial charge in [-0.2, -0.15) is 0 Å². The number of carbonyl (C=O) groups is 1. The largest absolute Gasteiger partial charge is 0.322 e. The second-order valence-electron chi connectivity index (χ2n) is 7.15. The molecule has 27 heavy (non-hydrogen) atoms. The van der Waals surface area contributed by atoms with Gasteiger partial charge in [0.2, 0.25) is 0 Å². The van der Waals surface area contributed by atoms with E-state index in [1.807, 2.05) is 25.1 Å². The lowest BCUT2D eigenvalue weighted by atomic mass is 10.2. The molecule has 3 rings (SSSR count). The summed E-state index contributed by atoms with van der Waals surface area (Å²) in [4.78, 5) is 15.3. The Kier molecular flexibility index (Phi) is 6.74. The Balaban J connectivity index is 1.44. The number of hydrogen-bond acceptors (Lipinski definition) is 1. The van der Waals surface area contributed by atoms with Crippen molar-refractivity contribution in [2.24, 2.45) is 0 Å². The molecular formula is C22H28FN3O+2. The molecule has 0 radical (unpaired) electrons. The van der Waals surface area contributed by atoms with Crippen LogP contribution >= 0.6 is 0 Å². The Bertz CT molecular complexity index is 770. The fraction of sp³-hybridized carbons (Fsp3) is 0.318. The minimum Gasteiger partial charge on any atom is -0.322 e. The van der Waals surface area contributed by atoms with Crippen molar-refractivity contribution in [2.75, 3.05) is 38.0 Å². The van der Waals surface area contributed by atoms with Crippen LogP contribution in [0.25, 0.3) is 6.08 Å².